The second-order valence-electron chi connectivity index (χ2n) is 6.02. The Morgan fingerprint density at radius 2 is 1.50 bits per heavy atom. The first kappa shape index (κ1) is 18.7. The van der Waals surface area contributed by atoms with Crippen LogP contribution in [-0.2, 0) is 11.2 Å². The highest BCUT2D eigenvalue weighted by atomic mass is 16.5. The van der Waals surface area contributed by atoms with Gasteiger partial charge in [-0.2, -0.15) is 0 Å². The Morgan fingerprint density at radius 3 is 2.18 bits per heavy atom. The zero-order valence-corrected chi connectivity index (χ0v) is 14.4. The summed E-state index contributed by atoms with van der Waals surface area (Å²) in [6.07, 6.45) is 12.1. The highest BCUT2D eigenvalue weighted by Crippen LogP contribution is 2.13. The van der Waals surface area contributed by atoms with Gasteiger partial charge in [0.1, 0.15) is 0 Å². The number of ether oxygens (including phenoxy) is 1. The molecule has 0 heterocycles. The standard InChI is InChI=1S/C20H32O2/c1-3-5-6-7-8-9-10-13-17-22-20(21)19-16-12-11-15-18(19)14-4-2/h11-12,15-16H,3-10,13-14,17H2,1-2H3. The minimum absolute atomic E-state index is 0.160. The Kier molecular flexibility index (Phi) is 10.4. The summed E-state index contributed by atoms with van der Waals surface area (Å²) in [6.45, 7) is 4.92. The van der Waals surface area contributed by atoms with Gasteiger partial charge in [0, 0.05) is 0 Å². The first-order valence-corrected chi connectivity index (χ1v) is 9.04. The molecule has 0 bridgehead atoms. The van der Waals surface area contributed by atoms with Gasteiger partial charge in [-0.1, -0.05) is 83.4 Å². The maximum absolute atomic E-state index is 12.1. The van der Waals surface area contributed by atoms with Crippen molar-refractivity contribution in [3.8, 4) is 0 Å². The fourth-order valence-electron chi connectivity index (χ4n) is 2.69. The Balaban J connectivity index is 2.16. The predicted molar refractivity (Wildman–Crippen MR) is 93.3 cm³/mol. The van der Waals surface area contributed by atoms with Gasteiger partial charge in [0.05, 0.1) is 12.2 Å². The molecule has 2 heteroatoms. The second-order valence-corrected chi connectivity index (χ2v) is 6.02. The summed E-state index contributed by atoms with van der Waals surface area (Å²) in [4.78, 5) is 12.1. The molecule has 0 aliphatic carbocycles. The molecule has 1 rings (SSSR count). The highest BCUT2D eigenvalue weighted by Gasteiger charge is 2.11. The first-order chi connectivity index (χ1) is 10.8. The number of hydrogen-bond donors (Lipinski definition) is 0. The maximum atomic E-state index is 12.1. The number of esters is 1. The van der Waals surface area contributed by atoms with E-state index < -0.39 is 0 Å². The molecular formula is C20H32O2. The Labute approximate surface area is 136 Å². The van der Waals surface area contributed by atoms with E-state index in [2.05, 4.69) is 13.8 Å². The highest BCUT2D eigenvalue weighted by molar-refractivity contribution is 5.91. The molecule has 0 N–H and O–H groups in total. The van der Waals surface area contributed by atoms with Crippen molar-refractivity contribution in [2.45, 2.75) is 78.1 Å². The molecule has 124 valence electrons. The van der Waals surface area contributed by atoms with Crippen LogP contribution in [0, 0.1) is 0 Å². The summed E-state index contributed by atoms with van der Waals surface area (Å²) in [5.41, 5.74) is 1.84. The zero-order chi connectivity index (χ0) is 16.0. The van der Waals surface area contributed by atoms with Crippen molar-refractivity contribution in [3.63, 3.8) is 0 Å². The fraction of sp³-hybridized carbons (Fsp3) is 0.650. The molecular weight excluding hydrogens is 272 g/mol. The van der Waals surface area contributed by atoms with E-state index in [1.54, 1.807) is 0 Å². The average Bonchev–Trinajstić information content (AvgIpc) is 2.54. The number of hydrogen-bond acceptors (Lipinski definition) is 2. The van der Waals surface area contributed by atoms with Gasteiger partial charge in [-0.15, -0.1) is 0 Å². The second kappa shape index (κ2) is 12.3. The molecule has 0 spiro atoms. The van der Waals surface area contributed by atoms with E-state index in [9.17, 15) is 4.79 Å². The first-order valence-electron chi connectivity index (χ1n) is 9.04. The molecule has 2 nitrogen and oxygen atoms in total. The maximum Gasteiger partial charge on any atom is 0.338 e. The van der Waals surface area contributed by atoms with Crippen molar-refractivity contribution < 1.29 is 9.53 Å². The summed E-state index contributed by atoms with van der Waals surface area (Å²) in [5, 5.41) is 0. The number of carbonyl (C=O) groups excluding carboxylic acids is 1. The van der Waals surface area contributed by atoms with Crippen LogP contribution >= 0.6 is 0 Å². The number of carbonyl (C=O) groups is 1. The van der Waals surface area contributed by atoms with Crippen LogP contribution in [0.2, 0.25) is 0 Å². The van der Waals surface area contributed by atoms with Gasteiger partial charge < -0.3 is 4.74 Å². The largest absolute Gasteiger partial charge is 0.462 e. The Hall–Kier alpha value is -1.31. The molecule has 0 amide bonds. The summed E-state index contributed by atoms with van der Waals surface area (Å²) in [7, 11) is 0. The van der Waals surface area contributed by atoms with Crippen LogP contribution in [0.4, 0.5) is 0 Å². The molecule has 0 radical (unpaired) electrons. The van der Waals surface area contributed by atoms with Crippen molar-refractivity contribution in [3.05, 3.63) is 35.4 Å². The van der Waals surface area contributed by atoms with Crippen molar-refractivity contribution in [1.82, 2.24) is 0 Å². The molecule has 0 unspecified atom stereocenters. The van der Waals surface area contributed by atoms with E-state index in [0.717, 1.165) is 36.8 Å². The number of unbranched alkanes of at least 4 members (excludes halogenated alkanes) is 7. The van der Waals surface area contributed by atoms with Crippen LogP contribution in [0.15, 0.2) is 24.3 Å². The quantitative estimate of drug-likeness (QED) is 0.353. The average molecular weight is 304 g/mol. The molecule has 0 aliphatic heterocycles. The fourth-order valence-corrected chi connectivity index (χ4v) is 2.69. The Morgan fingerprint density at radius 1 is 0.864 bits per heavy atom. The van der Waals surface area contributed by atoms with Crippen LogP contribution in [0.5, 0.6) is 0 Å². The molecule has 1 aromatic carbocycles. The van der Waals surface area contributed by atoms with E-state index in [1.807, 2.05) is 24.3 Å². The number of aryl methyl sites for hydroxylation is 1. The minimum atomic E-state index is -0.160. The van der Waals surface area contributed by atoms with Crippen LogP contribution < -0.4 is 0 Å². The summed E-state index contributed by atoms with van der Waals surface area (Å²) in [6, 6.07) is 7.80. The number of benzene rings is 1. The van der Waals surface area contributed by atoms with E-state index in [4.69, 9.17) is 4.74 Å². The van der Waals surface area contributed by atoms with Crippen LogP contribution in [0.25, 0.3) is 0 Å². The summed E-state index contributed by atoms with van der Waals surface area (Å²) < 4.78 is 5.42. The molecule has 0 saturated heterocycles. The van der Waals surface area contributed by atoms with Crippen molar-refractivity contribution in [1.29, 1.82) is 0 Å². The third-order valence-electron chi connectivity index (χ3n) is 3.99. The molecule has 0 aromatic heterocycles. The van der Waals surface area contributed by atoms with E-state index in [1.165, 1.54) is 38.5 Å². The third-order valence-corrected chi connectivity index (χ3v) is 3.99. The third kappa shape index (κ3) is 7.63. The van der Waals surface area contributed by atoms with Crippen molar-refractivity contribution >= 4 is 5.97 Å². The topological polar surface area (TPSA) is 26.3 Å². The molecule has 0 fully saturated rings. The van der Waals surface area contributed by atoms with E-state index in [0.29, 0.717) is 6.61 Å². The van der Waals surface area contributed by atoms with Crippen LogP contribution in [-0.4, -0.2) is 12.6 Å². The predicted octanol–water partition coefficient (Wildman–Crippen LogP) is 5.94. The van der Waals surface area contributed by atoms with E-state index >= 15 is 0 Å². The van der Waals surface area contributed by atoms with Crippen LogP contribution in [0.1, 0.15) is 87.6 Å². The van der Waals surface area contributed by atoms with Gasteiger partial charge in [-0.3, -0.25) is 0 Å². The van der Waals surface area contributed by atoms with Gasteiger partial charge in [0.25, 0.3) is 0 Å². The summed E-state index contributed by atoms with van der Waals surface area (Å²) in [5.74, 6) is -0.160. The van der Waals surface area contributed by atoms with Crippen molar-refractivity contribution in [2.75, 3.05) is 6.61 Å². The molecule has 0 aliphatic rings. The number of rotatable bonds is 12. The SMILES string of the molecule is CCCCCCCCCCOC(=O)c1ccccc1CCC. The smallest absolute Gasteiger partial charge is 0.338 e. The van der Waals surface area contributed by atoms with Gasteiger partial charge in [0.2, 0.25) is 0 Å². The van der Waals surface area contributed by atoms with Gasteiger partial charge >= 0.3 is 5.97 Å². The lowest BCUT2D eigenvalue weighted by molar-refractivity contribution is 0.0496. The normalized spacial score (nSPS) is 10.6. The van der Waals surface area contributed by atoms with Crippen molar-refractivity contribution in [2.24, 2.45) is 0 Å². The Bertz CT molecular complexity index is 412. The lowest BCUT2D eigenvalue weighted by Gasteiger charge is -2.09. The summed E-state index contributed by atoms with van der Waals surface area (Å²) >= 11 is 0. The molecule has 0 atom stereocenters. The van der Waals surface area contributed by atoms with Gasteiger partial charge in [-0.05, 0) is 24.5 Å². The van der Waals surface area contributed by atoms with E-state index in [-0.39, 0.29) is 5.97 Å². The lowest BCUT2D eigenvalue weighted by atomic mass is 10.0. The minimum Gasteiger partial charge on any atom is -0.462 e. The van der Waals surface area contributed by atoms with Gasteiger partial charge in [0.15, 0.2) is 0 Å². The monoisotopic (exact) mass is 304 g/mol. The molecule has 0 saturated carbocycles. The zero-order valence-electron chi connectivity index (χ0n) is 14.4. The lowest BCUT2D eigenvalue weighted by Crippen LogP contribution is -2.09. The van der Waals surface area contributed by atoms with Crippen LogP contribution in [0.3, 0.4) is 0 Å². The molecule has 1 aromatic rings. The van der Waals surface area contributed by atoms with Gasteiger partial charge in [-0.25, -0.2) is 4.79 Å². The molecule has 22 heavy (non-hydrogen) atoms.